The van der Waals surface area contributed by atoms with Gasteiger partial charge in [0.05, 0.1) is 0 Å². The maximum Gasteiger partial charge on any atom is 0.303 e. The highest BCUT2D eigenvalue weighted by atomic mass is 16.4. The molecule has 1 radical (unpaired) electrons. The maximum absolute atomic E-state index is 10.2. The lowest BCUT2D eigenvalue weighted by Crippen LogP contribution is -1.94. The third-order valence-corrected chi connectivity index (χ3v) is 2.27. The van der Waals surface area contributed by atoms with Gasteiger partial charge in [-0.25, -0.2) is 0 Å². The van der Waals surface area contributed by atoms with E-state index >= 15 is 0 Å². The van der Waals surface area contributed by atoms with Gasteiger partial charge in [-0.05, 0) is 31.2 Å². The highest BCUT2D eigenvalue weighted by Crippen LogP contribution is 2.07. The van der Waals surface area contributed by atoms with E-state index in [1.54, 1.807) is 0 Å². The van der Waals surface area contributed by atoms with Crippen LogP contribution in [0.3, 0.4) is 0 Å². The Morgan fingerprint density at radius 1 is 1.20 bits per heavy atom. The molecule has 0 bridgehead atoms. The summed E-state index contributed by atoms with van der Waals surface area (Å²) in [6.07, 6.45) is 6.24. The lowest BCUT2D eigenvalue weighted by molar-refractivity contribution is -0.137. The molecule has 0 amide bonds. The van der Waals surface area contributed by atoms with Gasteiger partial charge in [0, 0.05) is 6.42 Å². The van der Waals surface area contributed by atoms with Gasteiger partial charge in [-0.2, -0.15) is 0 Å². The minimum atomic E-state index is -0.696. The lowest BCUT2D eigenvalue weighted by Gasteiger charge is -2.00. The fourth-order valence-corrected chi connectivity index (χ4v) is 1.45. The first-order valence-electron chi connectivity index (χ1n) is 5.36. The molecule has 0 aromatic heterocycles. The zero-order valence-electron chi connectivity index (χ0n) is 8.86. The molecular weight excluding hydrogens is 188 g/mol. The number of carboxylic acid groups (broad SMARTS) is 1. The maximum atomic E-state index is 10.2. The van der Waals surface area contributed by atoms with E-state index < -0.39 is 5.97 Å². The molecular formula is C13H17O2. The Kier molecular flexibility index (Phi) is 5.52. The Hall–Kier alpha value is -1.31. The second kappa shape index (κ2) is 7.04. The Morgan fingerprint density at radius 3 is 2.60 bits per heavy atom. The summed E-state index contributed by atoms with van der Waals surface area (Å²) < 4.78 is 0. The molecule has 0 aliphatic carbocycles. The van der Waals surface area contributed by atoms with Gasteiger partial charge in [0.1, 0.15) is 0 Å². The molecule has 1 rings (SSSR count). The Bertz CT molecular complexity index is 280. The summed E-state index contributed by atoms with van der Waals surface area (Å²) in [5.74, 6) is -0.696. The minimum absolute atomic E-state index is 0.291. The second-order valence-electron chi connectivity index (χ2n) is 3.62. The van der Waals surface area contributed by atoms with E-state index in [-0.39, 0.29) is 0 Å². The molecule has 0 saturated heterocycles. The van der Waals surface area contributed by atoms with Gasteiger partial charge in [-0.15, -0.1) is 0 Å². The Balaban J connectivity index is 2.00. The van der Waals surface area contributed by atoms with Crippen molar-refractivity contribution < 1.29 is 9.90 Å². The lowest BCUT2D eigenvalue weighted by atomic mass is 10.1. The van der Waals surface area contributed by atoms with Crippen LogP contribution in [0.2, 0.25) is 0 Å². The molecule has 0 atom stereocenters. The van der Waals surface area contributed by atoms with Gasteiger partial charge >= 0.3 is 5.97 Å². The zero-order valence-corrected chi connectivity index (χ0v) is 8.86. The van der Waals surface area contributed by atoms with Crippen molar-refractivity contribution in [1.29, 1.82) is 0 Å². The first-order chi connectivity index (χ1) is 7.29. The van der Waals surface area contributed by atoms with Gasteiger partial charge < -0.3 is 5.11 Å². The molecule has 0 fully saturated rings. The number of carboxylic acids is 1. The number of aliphatic carboxylic acids is 1. The summed E-state index contributed by atoms with van der Waals surface area (Å²) in [6.45, 7) is 0. The smallest absolute Gasteiger partial charge is 0.303 e. The summed E-state index contributed by atoms with van der Waals surface area (Å²) in [5, 5.41) is 8.44. The van der Waals surface area contributed by atoms with Crippen molar-refractivity contribution in [2.24, 2.45) is 0 Å². The third kappa shape index (κ3) is 5.89. The molecule has 0 saturated carbocycles. The molecule has 1 aromatic rings. The van der Waals surface area contributed by atoms with E-state index in [0.29, 0.717) is 6.42 Å². The average molecular weight is 205 g/mol. The van der Waals surface area contributed by atoms with E-state index in [0.717, 1.165) is 25.7 Å². The van der Waals surface area contributed by atoms with Crippen LogP contribution in [0.25, 0.3) is 0 Å². The zero-order chi connectivity index (χ0) is 10.9. The van der Waals surface area contributed by atoms with Crippen LogP contribution in [-0.4, -0.2) is 11.1 Å². The van der Waals surface area contributed by atoms with Gasteiger partial charge in [-0.1, -0.05) is 36.8 Å². The van der Waals surface area contributed by atoms with Gasteiger partial charge in [0.15, 0.2) is 0 Å². The van der Waals surface area contributed by atoms with Crippen LogP contribution in [0.5, 0.6) is 0 Å². The molecule has 0 aliphatic heterocycles. The van der Waals surface area contributed by atoms with Crippen LogP contribution in [0.15, 0.2) is 30.3 Å². The topological polar surface area (TPSA) is 37.3 Å². The van der Waals surface area contributed by atoms with Crippen LogP contribution in [-0.2, 0) is 11.2 Å². The largest absolute Gasteiger partial charge is 0.481 e. The standard InChI is InChI=1S/C13H17O2/c14-13(15)11-7-2-1-4-8-12-9-5-3-6-10-12/h3-6,9-10H,1-2,7-8,11H2,(H,14,15). The summed E-state index contributed by atoms with van der Waals surface area (Å²) in [4.78, 5) is 10.2. The SMILES string of the molecule is O=C(O)CCCC[CH]Cc1ccccc1. The number of hydrogen-bond acceptors (Lipinski definition) is 1. The number of benzene rings is 1. The molecule has 15 heavy (non-hydrogen) atoms. The van der Waals surface area contributed by atoms with E-state index in [4.69, 9.17) is 5.11 Å². The molecule has 2 nitrogen and oxygen atoms in total. The summed E-state index contributed by atoms with van der Waals surface area (Å²) in [7, 11) is 0. The molecule has 0 unspecified atom stereocenters. The van der Waals surface area contributed by atoms with Crippen LogP contribution < -0.4 is 0 Å². The van der Waals surface area contributed by atoms with Crippen molar-refractivity contribution in [3.05, 3.63) is 42.3 Å². The number of rotatable bonds is 7. The van der Waals surface area contributed by atoms with E-state index in [1.807, 2.05) is 18.2 Å². The quantitative estimate of drug-likeness (QED) is 0.694. The highest BCUT2D eigenvalue weighted by molar-refractivity contribution is 5.66. The van der Waals surface area contributed by atoms with Crippen LogP contribution in [0, 0.1) is 6.42 Å². The monoisotopic (exact) mass is 205 g/mol. The predicted octanol–water partition coefficient (Wildman–Crippen LogP) is 3.08. The van der Waals surface area contributed by atoms with Gasteiger partial charge in [0.25, 0.3) is 0 Å². The van der Waals surface area contributed by atoms with Crippen molar-refractivity contribution in [1.82, 2.24) is 0 Å². The van der Waals surface area contributed by atoms with Crippen molar-refractivity contribution in [2.45, 2.75) is 32.1 Å². The summed E-state index contributed by atoms with van der Waals surface area (Å²) >= 11 is 0. The highest BCUT2D eigenvalue weighted by Gasteiger charge is 1.97. The molecule has 2 heteroatoms. The second-order valence-corrected chi connectivity index (χ2v) is 3.62. The van der Waals surface area contributed by atoms with E-state index in [9.17, 15) is 4.79 Å². The number of unbranched alkanes of at least 4 members (excludes halogenated alkanes) is 3. The predicted molar refractivity (Wildman–Crippen MR) is 60.5 cm³/mol. The molecule has 1 aromatic carbocycles. The van der Waals surface area contributed by atoms with Crippen molar-refractivity contribution in [2.75, 3.05) is 0 Å². The molecule has 81 valence electrons. The fraction of sp³-hybridized carbons (Fsp3) is 0.385. The average Bonchev–Trinajstić information content (AvgIpc) is 2.24. The number of hydrogen-bond donors (Lipinski definition) is 1. The van der Waals surface area contributed by atoms with E-state index in [1.165, 1.54) is 5.56 Å². The van der Waals surface area contributed by atoms with Crippen molar-refractivity contribution in [3.63, 3.8) is 0 Å². The minimum Gasteiger partial charge on any atom is -0.481 e. The van der Waals surface area contributed by atoms with E-state index in [2.05, 4.69) is 18.6 Å². The van der Waals surface area contributed by atoms with Crippen molar-refractivity contribution >= 4 is 5.97 Å². The van der Waals surface area contributed by atoms with Gasteiger partial charge in [-0.3, -0.25) is 4.79 Å². The van der Waals surface area contributed by atoms with Crippen LogP contribution in [0.1, 0.15) is 31.2 Å². The Morgan fingerprint density at radius 2 is 1.93 bits per heavy atom. The molecule has 0 heterocycles. The number of carbonyl (C=O) groups is 1. The van der Waals surface area contributed by atoms with Gasteiger partial charge in [0.2, 0.25) is 0 Å². The summed E-state index contributed by atoms with van der Waals surface area (Å²) in [6, 6.07) is 10.3. The first kappa shape index (κ1) is 11.8. The Labute approximate surface area is 90.9 Å². The molecule has 0 aliphatic rings. The normalized spacial score (nSPS) is 10.1. The fourth-order valence-electron chi connectivity index (χ4n) is 1.45. The molecule has 0 spiro atoms. The third-order valence-electron chi connectivity index (χ3n) is 2.27. The molecule has 1 N–H and O–H groups in total. The van der Waals surface area contributed by atoms with Crippen LogP contribution >= 0.6 is 0 Å². The summed E-state index contributed by atoms with van der Waals surface area (Å²) in [5.41, 5.74) is 1.32. The van der Waals surface area contributed by atoms with Crippen LogP contribution in [0.4, 0.5) is 0 Å². The van der Waals surface area contributed by atoms with Crippen molar-refractivity contribution in [3.8, 4) is 0 Å². The first-order valence-corrected chi connectivity index (χ1v) is 5.36.